The number of nitrogens with zero attached hydrogens (tertiary/aromatic N) is 4. The number of carbonyl (C=O) groups is 2. The molecule has 3 rings (SSSR count). The first-order chi connectivity index (χ1) is 14.7. The lowest BCUT2D eigenvalue weighted by Gasteiger charge is -2.10. The van der Waals surface area contributed by atoms with Crippen molar-refractivity contribution in [2.24, 2.45) is 0 Å². The van der Waals surface area contributed by atoms with Gasteiger partial charge in [-0.15, -0.1) is 0 Å². The van der Waals surface area contributed by atoms with Gasteiger partial charge in [-0.05, 0) is 55.3 Å². The zero-order valence-electron chi connectivity index (χ0n) is 18.3. The second-order valence-corrected chi connectivity index (χ2v) is 8.15. The Kier molecular flexibility index (Phi) is 6.94. The van der Waals surface area contributed by atoms with Gasteiger partial charge in [-0.25, -0.2) is 4.79 Å². The summed E-state index contributed by atoms with van der Waals surface area (Å²) in [6, 6.07) is 7.26. The van der Waals surface area contributed by atoms with Gasteiger partial charge in [0.05, 0.1) is 53.0 Å². The highest BCUT2D eigenvalue weighted by molar-refractivity contribution is 9.10. The Morgan fingerprint density at radius 3 is 2.35 bits per heavy atom. The van der Waals surface area contributed by atoms with Gasteiger partial charge in [-0.1, -0.05) is 18.2 Å². The van der Waals surface area contributed by atoms with Crippen molar-refractivity contribution < 1.29 is 14.3 Å². The lowest BCUT2D eigenvalue weighted by molar-refractivity contribution is -0.116. The maximum Gasteiger partial charge on any atom is 0.338 e. The van der Waals surface area contributed by atoms with Gasteiger partial charge in [-0.3, -0.25) is 14.2 Å². The molecular formula is C22H26BrN5O3. The Morgan fingerprint density at radius 1 is 1.03 bits per heavy atom. The molecule has 0 saturated heterocycles. The summed E-state index contributed by atoms with van der Waals surface area (Å²) in [5.74, 6) is -0.495. The second kappa shape index (κ2) is 9.47. The third kappa shape index (κ3) is 4.87. The summed E-state index contributed by atoms with van der Waals surface area (Å²) in [4.78, 5) is 24.6. The number of aryl methyl sites for hydroxylation is 3. The Balaban J connectivity index is 1.72. The Hall–Kier alpha value is -2.94. The zero-order chi connectivity index (χ0) is 22.7. The van der Waals surface area contributed by atoms with E-state index < -0.39 is 0 Å². The number of nitrogens with one attached hydrogen (secondary N) is 1. The molecule has 0 saturated carbocycles. The number of carbonyl (C=O) groups excluding carboxylic acids is 2. The van der Waals surface area contributed by atoms with E-state index in [0.29, 0.717) is 30.8 Å². The van der Waals surface area contributed by atoms with Gasteiger partial charge in [-0.2, -0.15) is 10.2 Å². The number of hydrogen-bond donors (Lipinski definition) is 1. The van der Waals surface area contributed by atoms with Gasteiger partial charge in [0.15, 0.2) is 0 Å². The minimum Gasteiger partial charge on any atom is -0.465 e. The summed E-state index contributed by atoms with van der Waals surface area (Å²) in [7, 11) is 1.36. The maximum atomic E-state index is 12.6. The maximum absolute atomic E-state index is 12.6. The van der Waals surface area contributed by atoms with Gasteiger partial charge in [0.1, 0.15) is 0 Å². The summed E-state index contributed by atoms with van der Waals surface area (Å²) in [6.07, 6.45) is 0.295. The minimum absolute atomic E-state index is 0.107. The van der Waals surface area contributed by atoms with Crippen molar-refractivity contribution in [1.29, 1.82) is 0 Å². The number of aromatic nitrogens is 4. The van der Waals surface area contributed by atoms with E-state index in [1.165, 1.54) is 7.11 Å². The number of rotatable bonds is 7. The molecule has 2 aromatic heterocycles. The number of methoxy groups -OCH3 is 1. The molecule has 1 aromatic carbocycles. The van der Waals surface area contributed by atoms with Gasteiger partial charge in [0.2, 0.25) is 5.91 Å². The van der Waals surface area contributed by atoms with Gasteiger partial charge >= 0.3 is 5.97 Å². The van der Waals surface area contributed by atoms with Crippen LogP contribution in [0.15, 0.2) is 28.7 Å². The van der Waals surface area contributed by atoms with Gasteiger partial charge in [0.25, 0.3) is 0 Å². The molecule has 0 aliphatic heterocycles. The quantitative estimate of drug-likeness (QED) is 0.509. The average molecular weight is 488 g/mol. The predicted octanol–water partition coefficient (Wildman–Crippen LogP) is 3.94. The zero-order valence-corrected chi connectivity index (χ0v) is 19.9. The van der Waals surface area contributed by atoms with E-state index in [1.807, 2.05) is 44.5 Å². The molecule has 1 amide bonds. The minimum atomic E-state index is -0.388. The molecule has 0 unspecified atom stereocenters. The van der Waals surface area contributed by atoms with Crippen LogP contribution in [0, 0.1) is 27.7 Å². The third-order valence-corrected chi connectivity index (χ3v) is 6.38. The molecule has 0 aliphatic carbocycles. The van der Waals surface area contributed by atoms with Crippen molar-refractivity contribution in [2.75, 3.05) is 12.4 Å². The van der Waals surface area contributed by atoms with Gasteiger partial charge < -0.3 is 10.1 Å². The molecule has 164 valence electrons. The first kappa shape index (κ1) is 22.7. The van der Waals surface area contributed by atoms with Crippen LogP contribution < -0.4 is 5.32 Å². The summed E-state index contributed by atoms with van der Waals surface area (Å²) in [5.41, 5.74) is 5.42. The van der Waals surface area contributed by atoms with Crippen molar-refractivity contribution in [3.8, 4) is 0 Å². The number of amides is 1. The first-order valence-electron chi connectivity index (χ1n) is 9.92. The van der Waals surface area contributed by atoms with Crippen molar-refractivity contribution in [3.05, 3.63) is 62.6 Å². The van der Waals surface area contributed by atoms with E-state index in [2.05, 4.69) is 31.4 Å². The topological polar surface area (TPSA) is 91.0 Å². The number of anilines is 1. The van der Waals surface area contributed by atoms with E-state index in [1.54, 1.807) is 16.8 Å². The first-order valence-corrected chi connectivity index (χ1v) is 10.7. The SMILES string of the molecule is COC(=O)c1ccccc1Cn1nc(C)c(NC(=O)CCn2nc(C)c(Br)c2C)c1C. The standard InChI is InChI=1S/C22H26BrN5O3/c1-13-20(23)15(3)27(25-13)11-10-19(29)24-21-14(2)26-28(16(21)4)12-17-8-6-7-9-18(17)22(30)31-5/h6-9H,10-12H2,1-5H3,(H,24,29). The second-order valence-electron chi connectivity index (χ2n) is 7.36. The van der Waals surface area contributed by atoms with Crippen LogP contribution in [-0.4, -0.2) is 38.5 Å². The van der Waals surface area contributed by atoms with Crippen molar-refractivity contribution in [3.63, 3.8) is 0 Å². The Labute approximate surface area is 189 Å². The highest BCUT2D eigenvalue weighted by Gasteiger charge is 2.18. The molecule has 0 spiro atoms. The molecular weight excluding hydrogens is 462 g/mol. The van der Waals surface area contributed by atoms with Crippen LogP contribution in [0.3, 0.4) is 0 Å². The number of halogens is 1. The normalized spacial score (nSPS) is 10.9. The number of benzene rings is 1. The molecule has 0 aliphatic rings. The number of ether oxygens (including phenoxy) is 1. The Morgan fingerprint density at radius 2 is 1.71 bits per heavy atom. The Bertz CT molecular complexity index is 1130. The van der Waals surface area contributed by atoms with Crippen LogP contribution in [0.1, 0.15) is 45.1 Å². The van der Waals surface area contributed by atoms with Crippen molar-refractivity contribution >= 4 is 33.5 Å². The molecule has 31 heavy (non-hydrogen) atoms. The fourth-order valence-electron chi connectivity index (χ4n) is 3.46. The highest BCUT2D eigenvalue weighted by Crippen LogP contribution is 2.23. The van der Waals surface area contributed by atoms with Crippen LogP contribution in [0.25, 0.3) is 0 Å². The largest absolute Gasteiger partial charge is 0.465 e. The highest BCUT2D eigenvalue weighted by atomic mass is 79.9. The summed E-state index contributed by atoms with van der Waals surface area (Å²) >= 11 is 3.50. The molecule has 0 bridgehead atoms. The average Bonchev–Trinajstić information content (AvgIpc) is 3.16. The van der Waals surface area contributed by atoms with Crippen LogP contribution in [0.5, 0.6) is 0 Å². The summed E-state index contributed by atoms with van der Waals surface area (Å²) in [5, 5.41) is 12.0. The van der Waals surface area contributed by atoms with E-state index in [0.717, 1.165) is 32.8 Å². The van der Waals surface area contributed by atoms with Crippen LogP contribution in [0.4, 0.5) is 5.69 Å². The lowest BCUT2D eigenvalue weighted by atomic mass is 10.1. The lowest BCUT2D eigenvalue weighted by Crippen LogP contribution is -2.16. The molecule has 9 heteroatoms. The summed E-state index contributed by atoms with van der Waals surface area (Å²) < 4.78 is 9.45. The molecule has 0 radical (unpaired) electrons. The molecule has 2 heterocycles. The monoisotopic (exact) mass is 487 g/mol. The van der Waals surface area contributed by atoms with Crippen molar-refractivity contribution in [1.82, 2.24) is 19.6 Å². The molecule has 0 fully saturated rings. The van der Waals surface area contributed by atoms with E-state index in [-0.39, 0.29) is 11.9 Å². The van der Waals surface area contributed by atoms with E-state index in [4.69, 9.17) is 4.74 Å². The van der Waals surface area contributed by atoms with Crippen LogP contribution >= 0.6 is 15.9 Å². The summed E-state index contributed by atoms with van der Waals surface area (Å²) in [6.45, 7) is 8.52. The fourth-order valence-corrected chi connectivity index (χ4v) is 3.75. The molecule has 8 nitrogen and oxygen atoms in total. The van der Waals surface area contributed by atoms with Crippen LogP contribution in [-0.2, 0) is 22.6 Å². The fraction of sp³-hybridized carbons (Fsp3) is 0.364. The smallest absolute Gasteiger partial charge is 0.338 e. The molecule has 0 atom stereocenters. The molecule has 3 aromatic rings. The van der Waals surface area contributed by atoms with Crippen LogP contribution in [0.2, 0.25) is 0 Å². The van der Waals surface area contributed by atoms with Crippen molar-refractivity contribution in [2.45, 2.75) is 47.2 Å². The number of esters is 1. The van der Waals surface area contributed by atoms with E-state index in [9.17, 15) is 9.59 Å². The van der Waals surface area contributed by atoms with E-state index >= 15 is 0 Å². The third-order valence-electron chi connectivity index (χ3n) is 5.23. The predicted molar refractivity (Wildman–Crippen MR) is 121 cm³/mol. The number of hydrogen-bond acceptors (Lipinski definition) is 5. The van der Waals surface area contributed by atoms with Gasteiger partial charge in [0, 0.05) is 12.1 Å². The molecule has 1 N–H and O–H groups in total.